The minimum absolute atomic E-state index is 0.0263. The van der Waals surface area contributed by atoms with Crippen LogP contribution in [0.2, 0.25) is 5.04 Å². The molecule has 0 radical (unpaired) electrons. The second-order valence-electron chi connectivity index (χ2n) is 19.1. The number of allylic oxidation sites excluding steroid dienone is 3. The Balaban J connectivity index is 1.30. The number of rotatable bonds is 12. The van der Waals surface area contributed by atoms with Gasteiger partial charge in [0.25, 0.3) is 8.32 Å². The molecule has 53 heavy (non-hydrogen) atoms. The molecule has 0 N–H and O–H groups in total. The van der Waals surface area contributed by atoms with Crippen molar-refractivity contribution in [2.24, 2.45) is 34.0 Å². The summed E-state index contributed by atoms with van der Waals surface area (Å²) in [5, 5.41) is 2.63. The van der Waals surface area contributed by atoms with Crippen molar-refractivity contribution in [3.05, 3.63) is 95.6 Å². The zero-order valence-corrected chi connectivity index (χ0v) is 37.7. The summed E-state index contributed by atoms with van der Waals surface area (Å²) >= 11 is 7.35. The van der Waals surface area contributed by atoms with Crippen LogP contribution in [0.5, 0.6) is 0 Å². The quantitative estimate of drug-likeness (QED) is 0.121. The van der Waals surface area contributed by atoms with E-state index in [0.717, 1.165) is 25.2 Å². The van der Waals surface area contributed by atoms with E-state index in [1.165, 1.54) is 65.6 Å². The maximum atomic E-state index is 7.16. The fourth-order valence-corrected chi connectivity index (χ4v) is 16.6. The maximum Gasteiger partial charge on any atom is 0.261 e. The molecular weight excluding hydrogens is 701 g/mol. The fourth-order valence-electron chi connectivity index (χ4n) is 11.8. The second kappa shape index (κ2) is 17.1. The van der Waals surface area contributed by atoms with Gasteiger partial charge in [0.1, 0.15) is 6.10 Å². The van der Waals surface area contributed by atoms with Crippen molar-refractivity contribution in [3.63, 3.8) is 0 Å². The third-order valence-electron chi connectivity index (χ3n) is 14.2. The molecule has 0 amide bonds. The first-order valence-corrected chi connectivity index (χ1v) is 24.0. The van der Waals surface area contributed by atoms with Crippen molar-refractivity contribution < 1.29 is 9.16 Å². The average molecular weight is 771 g/mol. The summed E-state index contributed by atoms with van der Waals surface area (Å²) in [5.74, 6) is 1.85. The minimum atomic E-state index is -2.55. The van der Waals surface area contributed by atoms with Gasteiger partial charge >= 0.3 is 0 Å². The molecule has 0 spiro atoms. The first kappa shape index (κ1) is 42.2. The number of hydrogen-bond donors (Lipinski definition) is 0. The van der Waals surface area contributed by atoms with E-state index >= 15 is 0 Å². The van der Waals surface area contributed by atoms with Crippen molar-refractivity contribution in [2.45, 2.75) is 138 Å². The Morgan fingerprint density at radius 3 is 2.09 bits per heavy atom. The summed E-state index contributed by atoms with van der Waals surface area (Å²) in [6.45, 7) is 25.0. The van der Waals surface area contributed by atoms with Crippen LogP contribution in [-0.2, 0) is 9.16 Å². The van der Waals surface area contributed by atoms with Crippen molar-refractivity contribution in [3.8, 4) is 0 Å². The van der Waals surface area contributed by atoms with Crippen molar-refractivity contribution in [1.29, 1.82) is 0 Å². The molecule has 6 atom stereocenters. The molecule has 2 aromatic rings. The summed E-state index contributed by atoms with van der Waals surface area (Å²) < 4.78 is 14.6. The van der Waals surface area contributed by atoms with E-state index in [2.05, 4.69) is 154 Å². The second-order valence-corrected chi connectivity index (χ2v) is 24.8. The molecule has 0 aliphatic heterocycles. The molecule has 2 fully saturated rings. The normalized spacial score (nSPS) is 28.4. The summed E-state index contributed by atoms with van der Waals surface area (Å²) in [6.07, 6.45) is 20.4. The Hall–Kier alpha value is -1.92. The van der Waals surface area contributed by atoms with Crippen molar-refractivity contribution >= 4 is 47.1 Å². The summed E-state index contributed by atoms with van der Waals surface area (Å²) in [6, 6.07) is 21.9. The Kier molecular flexibility index (Phi) is 13.6. The minimum Gasteiger partial charge on any atom is -0.474 e. The van der Waals surface area contributed by atoms with Gasteiger partial charge in [-0.15, -0.1) is 0 Å². The molecule has 0 saturated heterocycles. The Labute approximate surface area is 335 Å². The number of fused-ring (bicyclic) bond motifs is 3. The highest BCUT2D eigenvalue weighted by molar-refractivity contribution is 8.22. The number of thiocarbonyl (C=S) groups is 1. The molecule has 0 bridgehead atoms. The number of hydrogen-bond acceptors (Lipinski definition) is 4. The van der Waals surface area contributed by atoms with Gasteiger partial charge < -0.3 is 9.16 Å². The van der Waals surface area contributed by atoms with Gasteiger partial charge in [-0.3, -0.25) is 0 Å². The predicted molar refractivity (Wildman–Crippen MR) is 238 cm³/mol. The largest absolute Gasteiger partial charge is 0.474 e. The van der Waals surface area contributed by atoms with Gasteiger partial charge in [-0.1, -0.05) is 162 Å². The lowest BCUT2D eigenvalue weighted by atomic mass is 9.39. The van der Waals surface area contributed by atoms with Gasteiger partial charge in [-0.2, -0.15) is 0 Å². The lowest BCUT2D eigenvalue weighted by Crippen LogP contribution is -2.66. The van der Waals surface area contributed by atoms with Crippen LogP contribution in [0.25, 0.3) is 0 Å². The van der Waals surface area contributed by atoms with Gasteiger partial charge in [0.05, 0.1) is 6.61 Å². The van der Waals surface area contributed by atoms with Crippen LogP contribution in [0.15, 0.2) is 95.6 Å². The molecule has 2 saturated carbocycles. The highest BCUT2D eigenvalue weighted by Gasteiger charge is 2.62. The number of thioether (sulfide) groups is 1. The van der Waals surface area contributed by atoms with Gasteiger partial charge in [-0.05, 0) is 128 Å². The predicted octanol–water partition coefficient (Wildman–Crippen LogP) is 12.9. The van der Waals surface area contributed by atoms with Crippen LogP contribution in [-0.4, -0.2) is 31.7 Å². The SMILES string of the molecule is CSC(=S)OC(C/C(C)=C/CC/C(C)=C/CO[Si](c1ccccc1)(c1ccccc1)C(C)(C)C)[C@H]1C(C)=CC[C@@H]2[C@]1(C)CC[C@@H]1C(C)(C)CCC[C@@]21C. The average Bonchev–Trinajstić information content (AvgIpc) is 3.09. The number of ether oxygens (including phenoxy) is 1. The first-order valence-electron chi connectivity index (χ1n) is 20.5. The first-order chi connectivity index (χ1) is 25.0. The van der Waals surface area contributed by atoms with Crippen LogP contribution >= 0.6 is 24.0 Å². The van der Waals surface area contributed by atoms with E-state index in [-0.39, 0.29) is 16.6 Å². The molecule has 3 aliphatic rings. The summed E-state index contributed by atoms with van der Waals surface area (Å²) in [5.41, 5.74) is 5.32. The maximum absolute atomic E-state index is 7.16. The lowest BCUT2D eigenvalue weighted by Gasteiger charge is -2.65. The lowest BCUT2D eigenvalue weighted by molar-refractivity contribution is -0.156. The smallest absolute Gasteiger partial charge is 0.261 e. The number of benzene rings is 2. The van der Waals surface area contributed by atoms with E-state index in [9.17, 15) is 0 Å². The van der Waals surface area contributed by atoms with Crippen LogP contribution in [0.4, 0.5) is 0 Å². The highest BCUT2D eigenvalue weighted by Crippen LogP contribution is 2.69. The molecule has 1 unspecified atom stereocenters. The van der Waals surface area contributed by atoms with E-state index in [0.29, 0.717) is 33.7 Å². The summed E-state index contributed by atoms with van der Waals surface area (Å²) in [4.78, 5) is 0. The molecule has 5 heteroatoms. The van der Waals surface area contributed by atoms with Gasteiger partial charge in [-0.25, -0.2) is 0 Å². The van der Waals surface area contributed by atoms with E-state index in [1.54, 1.807) is 11.8 Å². The molecule has 3 aliphatic carbocycles. The molecule has 0 heterocycles. The van der Waals surface area contributed by atoms with Crippen LogP contribution in [0, 0.1) is 34.0 Å². The van der Waals surface area contributed by atoms with Crippen molar-refractivity contribution in [2.75, 3.05) is 12.9 Å². The fraction of sp³-hybridized carbons (Fsp3) is 0.604. The third-order valence-corrected chi connectivity index (χ3v) is 20.2. The zero-order chi connectivity index (χ0) is 38.7. The Morgan fingerprint density at radius 1 is 0.887 bits per heavy atom. The van der Waals surface area contributed by atoms with Crippen LogP contribution in [0.1, 0.15) is 127 Å². The van der Waals surface area contributed by atoms with E-state index in [4.69, 9.17) is 21.4 Å². The van der Waals surface area contributed by atoms with Crippen LogP contribution < -0.4 is 10.4 Å². The molecular formula is C48H70O2S2Si. The molecule has 5 rings (SSSR count). The van der Waals surface area contributed by atoms with Gasteiger partial charge in [0, 0.05) is 12.3 Å². The van der Waals surface area contributed by atoms with E-state index < -0.39 is 8.32 Å². The molecule has 2 nitrogen and oxygen atoms in total. The Morgan fingerprint density at radius 2 is 1.51 bits per heavy atom. The third kappa shape index (κ3) is 8.74. The van der Waals surface area contributed by atoms with Crippen LogP contribution in [0.3, 0.4) is 0 Å². The highest BCUT2D eigenvalue weighted by atomic mass is 32.2. The molecule has 0 aromatic heterocycles. The molecule has 2 aromatic carbocycles. The van der Waals surface area contributed by atoms with E-state index in [1.807, 2.05) is 0 Å². The standard InChI is InChI=1S/C48H70O2S2Si/c1-35(29-33-49-53(45(4,5)6,38-22-14-12-15-23-38)39-24-16-13-17-25-39)20-18-21-36(2)34-40(50-44(51)52-11)43-37(3)26-27-42-47(9)31-19-30-46(7,8)41(47)28-32-48(42,43)10/h12-17,21-26,29,40-43H,18-20,27-28,30-34H2,1-11H3/b35-29+,36-21+/t40?,41-,42+,43-,47-,48+/m1/s1. The van der Waals surface area contributed by atoms with Gasteiger partial charge in [0.2, 0.25) is 4.38 Å². The Bertz CT molecular complexity index is 1600. The van der Waals surface area contributed by atoms with Gasteiger partial charge in [0.15, 0.2) is 0 Å². The molecule has 290 valence electrons. The van der Waals surface area contributed by atoms with Crippen molar-refractivity contribution in [1.82, 2.24) is 0 Å². The summed E-state index contributed by atoms with van der Waals surface area (Å²) in [7, 11) is -2.55. The topological polar surface area (TPSA) is 18.5 Å². The monoisotopic (exact) mass is 770 g/mol. The zero-order valence-electron chi connectivity index (χ0n) is 35.0.